The number of hydrogen-bond acceptors (Lipinski definition) is 2. The van der Waals surface area contributed by atoms with Crippen LogP contribution >= 0.6 is 0 Å². The molecule has 1 aliphatic heterocycles. The van der Waals surface area contributed by atoms with E-state index in [1.54, 1.807) is 12.1 Å². The average molecular weight is 363 g/mol. The Kier molecular flexibility index (Phi) is 5.35. The molecular weight excluding hydrogens is 343 g/mol. The summed E-state index contributed by atoms with van der Waals surface area (Å²) < 4.78 is 39.7. The molecule has 138 valence electrons. The quantitative estimate of drug-likeness (QED) is 0.755. The first-order chi connectivity index (χ1) is 12.4. The fourth-order valence-corrected chi connectivity index (χ4v) is 2.93. The van der Waals surface area contributed by atoms with Gasteiger partial charge in [0.15, 0.2) is 17.5 Å². The van der Waals surface area contributed by atoms with Gasteiger partial charge in [-0.15, -0.1) is 0 Å². The van der Waals surface area contributed by atoms with Gasteiger partial charge in [-0.05, 0) is 55.2 Å². The van der Waals surface area contributed by atoms with Gasteiger partial charge in [-0.3, -0.25) is 0 Å². The molecule has 2 aromatic carbocycles. The van der Waals surface area contributed by atoms with Crippen molar-refractivity contribution in [2.45, 2.75) is 19.8 Å². The maximum Gasteiger partial charge on any atom is 0.323 e. The molecule has 2 aromatic rings. The number of hydrogen-bond donors (Lipinski definition) is 2. The summed E-state index contributed by atoms with van der Waals surface area (Å²) in [6.07, 6.45) is 2.31. The zero-order chi connectivity index (χ0) is 18.7. The smallest absolute Gasteiger partial charge is 0.323 e. The minimum absolute atomic E-state index is 0.430. The Labute approximate surface area is 150 Å². The highest BCUT2D eigenvalue weighted by Gasteiger charge is 2.17. The molecule has 0 atom stereocenters. The van der Waals surface area contributed by atoms with Crippen LogP contribution < -0.4 is 15.5 Å². The van der Waals surface area contributed by atoms with E-state index in [1.807, 2.05) is 12.1 Å². The van der Waals surface area contributed by atoms with Crippen LogP contribution in [0.25, 0.3) is 0 Å². The highest BCUT2D eigenvalue weighted by atomic mass is 19.2. The molecule has 2 amide bonds. The number of halogens is 3. The Morgan fingerprint density at radius 2 is 1.62 bits per heavy atom. The molecule has 0 aliphatic carbocycles. The lowest BCUT2D eigenvalue weighted by molar-refractivity contribution is 0.262. The van der Waals surface area contributed by atoms with Crippen LogP contribution in [0.15, 0.2) is 36.4 Å². The molecule has 3 rings (SSSR count). The minimum Gasteiger partial charge on any atom is -0.372 e. The second-order valence-electron chi connectivity index (χ2n) is 6.52. The Bertz CT molecular complexity index is 787. The van der Waals surface area contributed by atoms with E-state index in [0.717, 1.165) is 49.7 Å². The van der Waals surface area contributed by atoms with Crippen LogP contribution in [0.5, 0.6) is 0 Å². The van der Waals surface area contributed by atoms with Gasteiger partial charge in [-0.2, -0.15) is 0 Å². The van der Waals surface area contributed by atoms with E-state index in [2.05, 4.69) is 22.5 Å². The summed E-state index contributed by atoms with van der Waals surface area (Å²) >= 11 is 0. The monoisotopic (exact) mass is 363 g/mol. The fraction of sp³-hybridized carbons (Fsp3) is 0.316. The second-order valence-corrected chi connectivity index (χ2v) is 6.52. The summed E-state index contributed by atoms with van der Waals surface area (Å²) in [4.78, 5) is 14.2. The van der Waals surface area contributed by atoms with Crippen molar-refractivity contribution in [2.24, 2.45) is 5.92 Å². The molecule has 0 aromatic heterocycles. The standard InChI is InChI=1S/C19H20F3N3O/c1-12-8-10-25(11-9-12)14-4-2-13(3-5-14)23-19(26)24-16-7-6-15(20)17(21)18(16)22/h2-7,12H,8-11H2,1H3,(H2,23,24,26). The normalized spacial score (nSPS) is 15.0. The predicted molar refractivity (Wildman–Crippen MR) is 96.0 cm³/mol. The van der Waals surface area contributed by atoms with Crippen LogP contribution in [-0.4, -0.2) is 19.1 Å². The first kappa shape index (κ1) is 18.1. The molecule has 2 N–H and O–H groups in total. The van der Waals surface area contributed by atoms with Crippen molar-refractivity contribution in [1.29, 1.82) is 0 Å². The molecule has 4 nitrogen and oxygen atoms in total. The highest BCUT2D eigenvalue weighted by Crippen LogP contribution is 2.24. The largest absolute Gasteiger partial charge is 0.372 e. The topological polar surface area (TPSA) is 44.4 Å². The maximum absolute atomic E-state index is 13.6. The van der Waals surface area contributed by atoms with E-state index in [-0.39, 0.29) is 0 Å². The Morgan fingerprint density at radius 1 is 0.962 bits per heavy atom. The fourth-order valence-electron chi connectivity index (χ4n) is 2.93. The van der Waals surface area contributed by atoms with Gasteiger partial charge >= 0.3 is 6.03 Å². The lowest BCUT2D eigenvalue weighted by atomic mass is 9.99. The molecular formula is C19H20F3N3O. The predicted octanol–water partition coefficient (Wildman–Crippen LogP) is 4.98. The van der Waals surface area contributed by atoms with Crippen LogP contribution in [0, 0.1) is 23.4 Å². The molecule has 1 heterocycles. The van der Waals surface area contributed by atoms with E-state index in [9.17, 15) is 18.0 Å². The first-order valence-electron chi connectivity index (χ1n) is 8.50. The van der Waals surface area contributed by atoms with Gasteiger partial charge < -0.3 is 15.5 Å². The first-order valence-corrected chi connectivity index (χ1v) is 8.50. The molecule has 1 saturated heterocycles. The number of urea groups is 1. The number of anilines is 3. The SMILES string of the molecule is CC1CCN(c2ccc(NC(=O)Nc3ccc(F)c(F)c3F)cc2)CC1. The lowest BCUT2D eigenvalue weighted by Gasteiger charge is -2.32. The van der Waals surface area contributed by atoms with Gasteiger partial charge in [0, 0.05) is 24.5 Å². The number of carbonyl (C=O) groups excluding carboxylic acids is 1. The maximum atomic E-state index is 13.6. The number of piperidine rings is 1. The number of amides is 2. The van der Waals surface area contributed by atoms with Crippen molar-refractivity contribution in [3.05, 3.63) is 53.8 Å². The average Bonchev–Trinajstić information content (AvgIpc) is 2.64. The summed E-state index contributed by atoms with van der Waals surface area (Å²) in [6, 6.07) is 8.28. The van der Waals surface area contributed by atoms with E-state index in [4.69, 9.17) is 0 Å². The Morgan fingerprint density at radius 3 is 2.27 bits per heavy atom. The zero-order valence-corrected chi connectivity index (χ0v) is 14.4. The minimum atomic E-state index is -1.62. The van der Waals surface area contributed by atoms with Crippen molar-refractivity contribution >= 4 is 23.1 Å². The molecule has 1 fully saturated rings. The Balaban J connectivity index is 1.60. The third-order valence-electron chi connectivity index (χ3n) is 4.56. The molecule has 0 unspecified atom stereocenters. The van der Waals surface area contributed by atoms with Gasteiger partial charge in [-0.1, -0.05) is 6.92 Å². The summed E-state index contributed by atoms with van der Waals surface area (Å²) in [5.74, 6) is -3.62. The van der Waals surface area contributed by atoms with Crippen LogP contribution in [0.1, 0.15) is 19.8 Å². The van der Waals surface area contributed by atoms with Gasteiger partial charge in [0.2, 0.25) is 0 Å². The summed E-state index contributed by atoms with van der Waals surface area (Å²) in [6.45, 7) is 4.26. The van der Waals surface area contributed by atoms with Crippen LogP contribution in [0.2, 0.25) is 0 Å². The molecule has 0 spiro atoms. The zero-order valence-electron chi connectivity index (χ0n) is 14.4. The van der Waals surface area contributed by atoms with Crippen molar-refractivity contribution in [3.8, 4) is 0 Å². The molecule has 0 saturated carbocycles. The number of rotatable bonds is 3. The summed E-state index contributed by atoms with van der Waals surface area (Å²) in [5.41, 5.74) is 1.16. The number of benzene rings is 2. The van der Waals surface area contributed by atoms with Crippen molar-refractivity contribution in [1.82, 2.24) is 0 Å². The van der Waals surface area contributed by atoms with E-state index in [1.165, 1.54) is 0 Å². The number of nitrogens with one attached hydrogen (secondary N) is 2. The van der Waals surface area contributed by atoms with Crippen molar-refractivity contribution in [3.63, 3.8) is 0 Å². The number of carbonyl (C=O) groups is 1. The van der Waals surface area contributed by atoms with Crippen LogP contribution in [-0.2, 0) is 0 Å². The van der Waals surface area contributed by atoms with Gasteiger partial charge in [0.1, 0.15) is 0 Å². The molecule has 7 heteroatoms. The summed E-state index contributed by atoms with van der Waals surface area (Å²) in [7, 11) is 0. The second kappa shape index (κ2) is 7.68. The van der Waals surface area contributed by atoms with E-state index >= 15 is 0 Å². The molecule has 1 aliphatic rings. The van der Waals surface area contributed by atoms with E-state index in [0.29, 0.717) is 5.69 Å². The van der Waals surface area contributed by atoms with Crippen molar-refractivity contribution < 1.29 is 18.0 Å². The third kappa shape index (κ3) is 4.09. The Hall–Kier alpha value is -2.70. The van der Waals surface area contributed by atoms with Gasteiger partial charge in [0.25, 0.3) is 0 Å². The summed E-state index contributed by atoms with van der Waals surface area (Å²) in [5, 5.41) is 4.70. The molecule has 0 radical (unpaired) electrons. The van der Waals surface area contributed by atoms with Gasteiger partial charge in [-0.25, -0.2) is 18.0 Å². The molecule has 26 heavy (non-hydrogen) atoms. The number of nitrogens with zero attached hydrogens (tertiary/aromatic N) is 1. The van der Waals surface area contributed by atoms with Crippen molar-refractivity contribution in [2.75, 3.05) is 28.6 Å². The van der Waals surface area contributed by atoms with Crippen LogP contribution in [0.4, 0.5) is 35.0 Å². The third-order valence-corrected chi connectivity index (χ3v) is 4.56. The lowest BCUT2D eigenvalue weighted by Crippen LogP contribution is -2.32. The molecule has 0 bridgehead atoms. The highest BCUT2D eigenvalue weighted by molar-refractivity contribution is 5.99. The van der Waals surface area contributed by atoms with Gasteiger partial charge in [0.05, 0.1) is 5.69 Å². The van der Waals surface area contributed by atoms with E-state index < -0.39 is 29.2 Å². The van der Waals surface area contributed by atoms with Crippen LogP contribution in [0.3, 0.4) is 0 Å².